The van der Waals surface area contributed by atoms with Crippen molar-refractivity contribution < 1.29 is 17.7 Å². The van der Waals surface area contributed by atoms with Gasteiger partial charge in [-0.1, -0.05) is 0 Å². The van der Waals surface area contributed by atoms with Crippen LogP contribution >= 0.6 is 11.3 Å². The molecule has 2 unspecified atom stereocenters. The number of hydrogen-bond acceptors (Lipinski definition) is 9. The summed E-state index contributed by atoms with van der Waals surface area (Å²) in [7, 11) is -2.50. The number of alkyl halides is 2. The van der Waals surface area contributed by atoms with Crippen molar-refractivity contribution in [3.8, 4) is 22.3 Å². The lowest BCUT2D eigenvalue weighted by Crippen LogP contribution is -2.38. The Morgan fingerprint density at radius 2 is 2.16 bits per heavy atom. The molecule has 0 radical (unpaired) electrons. The molecule has 3 aromatic rings. The smallest absolute Gasteiger partial charge is 0.330 e. The second-order valence-electron chi connectivity index (χ2n) is 6.97. The summed E-state index contributed by atoms with van der Waals surface area (Å²) in [5.41, 5.74) is 0.854. The van der Waals surface area contributed by atoms with Gasteiger partial charge in [0.1, 0.15) is 4.88 Å². The quantitative estimate of drug-likeness (QED) is 0.448. The van der Waals surface area contributed by atoms with Gasteiger partial charge in [0.15, 0.2) is 11.0 Å². The summed E-state index contributed by atoms with van der Waals surface area (Å²) in [5, 5.41) is 7.49. The third-order valence-corrected chi connectivity index (χ3v) is 6.27. The highest BCUT2D eigenvalue weighted by Gasteiger charge is 2.18. The van der Waals surface area contributed by atoms with Crippen molar-refractivity contribution in [1.82, 2.24) is 25.3 Å². The molecule has 0 amide bonds. The van der Waals surface area contributed by atoms with Crippen molar-refractivity contribution >= 4 is 34.0 Å². The van der Waals surface area contributed by atoms with Gasteiger partial charge in [-0.05, 0) is 38.4 Å². The van der Waals surface area contributed by atoms with Gasteiger partial charge in [-0.2, -0.15) is 8.78 Å². The first-order chi connectivity index (χ1) is 15.5. The van der Waals surface area contributed by atoms with Crippen molar-refractivity contribution in [2.75, 3.05) is 23.1 Å². The molecule has 3 aromatic heterocycles. The number of pyridine rings is 1. The molecule has 13 heteroatoms. The molecule has 1 aliphatic rings. The highest BCUT2D eigenvalue weighted by molar-refractivity contribution is 7.86. The maximum Gasteiger partial charge on any atom is 0.330 e. The standard InChI is InChI=1S/C19H21F2N7O2S2/c1-11-25-17(30-15-5-4-13(10-24-15)28-32(29)18(20)21)16(31-11)14-6-8-23-19(27-14)26-12-3-2-7-22-9-12/h4-6,8,10,12,18,22,28H,2-3,7,9H2,1H3,(H,23,26,27). The van der Waals surface area contributed by atoms with E-state index in [2.05, 4.69) is 35.3 Å². The number of nitrogens with zero attached hydrogens (tertiary/aromatic N) is 4. The van der Waals surface area contributed by atoms with Crippen LogP contribution in [-0.4, -0.2) is 49.0 Å². The minimum atomic E-state index is -2.99. The molecule has 4 heterocycles. The fraction of sp³-hybridized carbons (Fsp3) is 0.368. The molecule has 170 valence electrons. The van der Waals surface area contributed by atoms with Gasteiger partial charge in [0.05, 0.1) is 22.6 Å². The Morgan fingerprint density at radius 3 is 2.88 bits per heavy atom. The van der Waals surface area contributed by atoms with Crippen LogP contribution in [0.15, 0.2) is 30.6 Å². The average Bonchev–Trinajstić information content (AvgIpc) is 3.16. The van der Waals surface area contributed by atoms with Gasteiger partial charge in [0.25, 0.3) is 0 Å². The van der Waals surface area contributed by atoms with Gasteiger partial charge >= 0.3 is 5.76 Å². The molecule has 2 atom stereocenters. The van der Waals surface area contributed by atoms with Crippen LogP contribution in [0.4, 0.5) is 20.4 Å². The number of piperidine rings is 1. The second-order valence-corrected chi connectivity index (χ2v) is 9.33. The zero-order valence-electron chi connectivity index (χ0n) is 17.0. The lowest BCUT2D eigenvalue weighted by molar-refractivity contribution is 0.244. The molecule has 9 nitrogen and oxygen atoms in total. The van der Waals surface area contributed by atoms with Crippen LogP contribution in [0, 0.1) is 6.92 Å². The number of nitrogens with one attached hydrogen (secondary N) is 3. The first-order valence-corrected chi connectivity index (χ1v) is 11.9. The average molecular weight is 482 g/mol. The number of rotatable bonds is 8. The number of thiazole rings is 1. The summed E-state index contributed by atoms with van der Waals surface area (Å²) in [6.45, 7) is 3.74. The predicted molar refractivity (Wildman–Crippen MR) is 119 cm³/mol. The molecule has 0 bridgehead atoms. The lowest BCUT2D eigenvalue weighted by Gasteiger charge is -2.23. The number of hydrogen-bond donors (Lipinski definition) is 3. The highest BCUT2D eigenvalue weighted by Crippen LogP contribution is 2.36. The van der Waals surface area contributed by atoms with Crippen molar-refractivity contribution in [2.45, 2.75) is 31.6 Å². The number of anilines is 2. The van der Waals surface area contributed by atoms with Gasteiger partial charge in [-0.3, -0.25) is 4.72 Å². The highest BCUT2D eigenvalue weighted by atomic mass is 32.2. The van der Waals surface area contributed by atoms with E-state index in [0.29, 0.717) is 17.5 Å². The molecule has 4 rings (SSSR count). The van der Waals surface area contributed by atoms with E-state index in [-0.39, 0.29) is 17.6 Å². The summed E-state index contributed by atoms with van der Waals surface area (Å²) in [5.74, 6) is -1.91. The van der Waals surface area contributed by atoms with E-state index in [1.807, 2.05) is 6.92 Å². The van der Waals surface area contributed by atoms with E-state index in [4.69, 9.17) is 4.74 Å². The molecule has 1 aliphatic heterocycles. The molecule has 0 spiro atoms. The van der Waals surface area contributed by atoms with Crippen LogP contribution in [0.25, 0.3) is 10.6 Å². The molecular weight excluding hydrogens is 460 g/mol. The topological polar surface area (TPSA) is 114 Å². The van der Waals surface area contributed by atoms with E-state index in [9.17, 15) is 13.0 Å². The largest absolute Gasteiger partial charge is 0.419 e. The van der Waals surface area contributed by atoms with Crippen LogP contribution in [0.3, 0.4) is 0 Å². The Bertz CT molecular complexity index is 1080. The van der Waals surface area contributed by atoms with E-state index in [1.165, 1.54) is 29.7 Å². The van der Waals surface area contributed by atoms with Crippen LogP contribution < -0.4 is 20.1 Å². The van der Waals surface area contributed by atoms with E-state index in [1.54, 1.807) is 12.3 Å². The minimum Gasteiger partial charge on any atom is -0.419 e. The molecule has 1 saturated heterocycles. The number of aromatic nitrogens is 4. The van der Waals surface area contributed by atoms with Gasteiger partial charge in [0, 0.05) is 24.8 Å². The maximum atomic E-state index is 12.4. The normalized spacial score (nSPS) is 17.2. The van der Waals surface area contributed by atoms with Crippen LogP contribution in [0.5, 0.6) is 11.8 Å². The third-order valence-electron chi connectivity index (χ3n) is 4.54. The van der Waals surface area contributed by atoms with E-state index < -0.39 is 16.7 Å². The SMILES string of the molecule is Cc1nc(Oc2ccc(NS(=O)C(F)F)cn2)c(-c2ccnc(NC3CCCNC3)n2)s1. The van der Waals surface area contributed by atoms with Crippen LogP contribution in [-0.2, 0) is 11.0 Å². The van der Waals surface area contributed by atoms with Crippen LogP contribution in [0.2, 0.25) is 0 Å². The Balaban J connectivity index is 1.49. The Labute approximate surface area is 189 Å². The zero-order chi connectivity index (χ0) is 22.5. The van der Waals surface area contributed by atoms with Crippen molar-refractivity contribution in [1.29, 1.82) is 0 Å². The molecule has 0 aromatic carbocycles. The molecule has 3 N–H and O–H groups in total. The predicted octanol–water partition coefficient (Wildman–Crippen LogP) is 3.56. The van der Waals surface area contributed by atoms with E-state index >= 15 is 0 Å². The monoisotopic (exact) mass is 481 g/mol. The lowest BCUT2D eigenvalue weighted by atomic mass is 10.1. The first kappa shape index (κ1) is 22.4. The first-order valence-electron chi connectivity index (χ1n) is 9.85. The summed E-state index contributed by atoms with van der Waals surface area (Å²) >= 11 is 1.43. The third kappa shape index (κ3) is 5.72. The fourth-order valence-corrected chi connectivity index (χ4v) is 4.37. The van der Waals surface area contributed by atoms with Crippen molar-refractivity contribution in [3.05, 3.63) is 35.6 Å². The van der Waals surface area contributed by atoms with Crippen LogP contribution in [0.1, 0.15) is 17.8 Å². The zero-order valence-corrected chi connectivity index (χ0v) is 18.7. The summed E-state index contributed by atoms with van der Waals surface area (Å²) < 4.78 is 44.0. The molecule has 0 aliphatic carbocycles. The molecule has 1 fully saturated rings. The van der Waals surface area contributed by atoms with Gasteiger partial charge < -0.3 is 15.4 Å². The molecule has 0 saturated carbocycles. The fourth-order valence-electron chi connectivity index (χ4n) is 3.11. The summed E-state index contributed by atoms with van der Waals surface area (Å²) in [6.07, 6.45) is 5.10. The molecule has 32 heavy (non-hydrogen) atoms. The van der Waals surface area contributed by atoms with Gasteiger partial charge in [-0.25, -0.2) is 24.1 Å². The Hall–Kier alpha value is -2.77. The minimum absolute atomic E-state index is 0.189. The Kier molecular flexibility index (Phi) is 7.17. The van der Waals surface area contributed by atoms with Crippen molar-refractivity contribution in [2.24, 2.45) is 0 Å². The number of ether oxygens (including phenoxy) is 1. The second kappa shape index (κ2) is 10.2. The summed E-state index contributed by atoms with van der Waals surface area (Å²) in [4.78, 5) is 18.2. The van der Waals surface area contributed by atoms with Gasteiger partial charge in [0.2, 0.25) is 17.7 Å². The van der Waals surface area contributed by atoms with Crippen molar-refractivity contribution in [3.63, 3.8) is 0 Å². The Morgan fingerprint density at radius 1 is 1.28 bits per heavy atom. The van der Waals surface area contributed by atoms with Gasteiger partial charge in [-0.15, -0.1) is 11.3 Å². The summed E-state index contributed by atoms with van der Waals surface area (Å²) in [6, 6.07) is 4.98. The molecular formula is C19H21F2N7O2S2. The number of halogens is 2. The maximum absolute atomic E-state index is 12.4. The van der Waals surface area contributed by atoms with E-state index in [0.717, 1.165) is 35.8 Å². The number of aryl methyl sites for hydroxylation is 1.